The molecule has 0 rings (SSSR count). The second-order valence-corrected chi connectivity index (χ2v) is 4.45. The largest absolute Gasteiger partial charge is 1.00 e. The summed E-state index contributed by atoms with van der Waals surface area (Å²) in [5, 5.41) is 12.9. The van der Waals surface area contributed by atoms with E-state index < -0.39 is 23.7 Å². The summed E-state index contributed by atoms with van der Waals surface area (Å²) in [6.45, 7) is 5.45. The number of alkyl carbamates (subject to hydrolysis) is 1. The first kappa shape index (κ1) is 19.0. The molecule has 17 heavy (non-hydrogen) atoms. The third-order valence-electron chi connectivity index (χ3n) is 1.67. The van der Waals surface area contributed by atoms with Crippen molar-refractivity contribution >= 4 is 12.1 Å². The minimum Gasteiger partial charge on any atom is -0.548 e. The standard InChI is InChI=1S/C10H20N2O4.Na/c1-10(2,3)16-9(15)12-7(8(13)14)5-4-6-11;/h7H,4-6,11H2,1-3H3,(H,12,15)(H,13,14);/q;+1/p-1/t7-;/m0./s1. The number of carboxylic acids is 1. The maximum absolute atomic E-state index is 11.3. The van der Waals surface area contributed by atoms with Gasteiger partial charge in [0.15, 0.2) is 0 Å². The van der Waals surface area contributed by atoms with Crippen molar-refractivity contribution in [2.24, 2.45) is 5.73 Å². The smallest absolute Gasteiger partial charge is 0.548 e. The van der Waals surface area contributed by atoms with E-state index in [-0.39, 0.29) is 36.0 Å². The molecule has 0 aliphatic heterocycles. The molecular formula is C10H19N2NaO4. The Labute approximate surface area is 124 Å². The molecule has 0 bridgehead atoms. The molecule has 0 aromatic carbocycles. The quantitative estimate of drug-likeness (QED) is 0.493. The van der Waals surface area contributed by atoms with E-state index in [0.717, 1.165) is 0 Å². The zero-order valence-corrected chi connectivity index (χ0v) is 12.9. The van der Waals surface area contributed by atoms with Gasteiger partial charge in [0.1, 0.15) is 5.60 Å². The van der Waals surface area contributed by atoms with Crippen LogP contribution in [0.5, 0.6) is 0 Å². The van der Waals surface area contributed by atoms with E-state index in [1.165, 1.54) is 0 Å². The molecule has 0 aromatic heterocycles. The molecule has 0 spiro atoms. The van der Waals surface area contributed by atoms with Crippen LogP contribution in [0.25, 0.3) is 0 Å². The number of carboxylic acid groups (broad SMARTS) is 1. The molecule has 94 valence electrons. The van der Waals surface area contributed by atoms with E-state index in [2.05, 4.69) is 5.32 Å². The molecular weight excluding hydrogens is 235 g/mol. The minimum atomic E-state index is -1.33. The predicted octanol–water partition coefficient (Wildman–Crippen LogP) is -3.63. The molecule has 0 unspecified atom stereocenters. The van der Waals surface area contributed by atoms with E-state index in [1.54, 1.807) is 20.8 Å². The molecule has 0 radical (unpaired) electrons. The minimum absolute atomic E-state index is 0. The van der Waals surface area contributed by atoms with E-state index in [4.69, 9.17) is 10.5 Å². The summed E-state index contributed by atoms with van der Waals surface area (Å²) in [5.41, 5.74) is 4.59. The molecule has 1 amide bonds. The van der Waals surface area contributed by atoms with Crippen molar-refractivity contribution in [1.82, 2.24) is 5.32 Å². The molecule has 0 aliphatic carbocycles. The van der Waals surface area contributed by atoms with Crippen LogP contribution in [0.1, 0.15) is 33.6 Å². The molecule has 0 aromatic rings. The Morgan fingerprint density at radius 3 is 2.29 bits per heavy atom. The van der Waals surface area contributed by atoms with Crippen molar-refractivity contribution < 1.29 is 49.0 Å². The Bertz CT molecular complexity index is 253. The van der Waals surface area contributed by atoms with Crippen LogP contribution >= 0.6 is 0 Å². The summed E-state index contributed by atoms with van der Waals surface area (Å²) >= 11 is 0. The van der Waals surface area contributed by atoms with Gasteiger partial charge in [-0.05, 0) is 40.2 Å². The van der Waals surface area contributed by atoms with Gasteiger partial charge in [0.05, 0.1) is 12.0 Å². The third-order valence-corrected chi connectivity index (χ3v) is 1.67. The molecule has 7 heteroatoms. The summed E-state index contributed by atoms with van der Waals surface area (Å²) < 4.78 is 4.93. The first-order valence-electron chi connectivity index (χ1n) is 5.16. The van der Waals surface area contributed by atoms with Gasteiger partial charge >= 0.3 is 35.7 Å². The van der Waals surface area contributed by atoms with Gasteiger partial charge in [-0.1, -0.05) is 0 Å². The van der Waals surface area contributed by atoms with Gasteiger partial charge in [0, 0.05) is 0 Å². The van der Waals surface area contributed by atoms with Crippen LogP contribution in [-0.2, 0) is 9.53 Å². The summed E-state index contributed by atoms with van der Waals surface area (Å²) in [6.07, 6.45) is -0.0364. The van der Waals surface area contributed by atoms with Crippen molar-refractivity contribution in [3.63, 3.8) is 0 Å². The number of nitrogens with two attached hydrogens (primary N) is 1. The average Bonchev–Trinajstić information content (AvgIpc) is 2.08. The maximum atomic E-state index is 11.3. The third kappa shape index (κ3) is 10.6. The summed E-state index contributed by atoms with van der Waals surface area (Å²) in [7, 11) is 0. The van der Waals surface area contributed by atoms with Crippen LogP contribution in [0.2, 0.25) is 0 Å². The number of rotatable bonds is 5. The van der Waals surface area contributed by atoms with Crippen molar-refractivity contribution in [1.29, 1.82) is 0 Å². The summed E-state index contributed by atoms with van der Waals surface area (Å²) in [5.74, 6) is -1.33. The fraction of sp³-hybridized carbons (Fsp3) is 0.800. The number of nitrogens with one attached hydrogen (secondary N) is 1. The van der Waals surface area contributed by atoms with Crippen molar-refractivity contribution in [2.45, 2.75) is 45.3 Å². The number of aliphatic carboxylic acids is 1. The first-order valence-corrected chi connectivity index (χ1v) is 5.16. The van der Waals surface area contributed by atoms with Gasteiger partial charge in [-0.25, -0.2) is 4.79 Å². The molecule has 1 atom stereocenters. The van der Waals surface area contributed by atoms with Crippen LogP contribution in [0, 0.1) is 0 Å². The Morgan fingerprint density at radius 2 is 1.94 bits per heavy atom. The maximum Gasteiger partial charge on any atom is 1.00 e. The number of amides is 1. The fourth-order valence-electron chi connectivity index (χ4n) is 1.02. The Balaban J connectivity index is 0. The number of hydrogen-bond acceptors (Lipinski definition) is 5. The molecule has 6 nitrogen and oxygen atoms in total. The topological polar surface area (TPSA) is 104 Å². The second kappa shape index (κ2) is 8.74. The molecule has 0 aliphatic rings. The molecule has 0 saturated carbocycles. The van der Waals surface area contributed by atoms with Gasteiger partial charge in [0.2, 0.25) is 0 Å². The Kier molecular flexibility index (Phi) is 9.80. The Hall–Kier alpha value is -0.300. The number of hydrogen-bond donors (Lipinski definition) is 2. The molecule has 0 saturated heterocycles. The fourth-order valence-corrected chi connectivity index (χ4v) is 1.02. The number of ether oxygens (including phenoxy) is 1. The second-order valence-electron chi connectivity index (χ2n) is 4.45. The summed E-state index contributed by atoms with van der Waals surface area (Å²) in [6, 6.07) is -1.06. The van der Waals surface area contributed by atoms with E-state index in [9.17, 15) is 14.7 Å². The average molecular weight is 254 g/mol. The van der Waals surface area contributed by atoms with Crippen LogP contribution in [0.15, 0.2) is 0 Å². The van der Waals surface area contributed by atoms with Crippen LogP contribution in [-0.4, -0.2) is 30.3 Å². The van der Waals surface area contributed by atoms with Gasteiger partial charge in [-0.15, -0.1) is 0 Å². The molecule has 3 N–H and O–H groups in total. The van der Waals surface area contributed by atoms with Gasteiger partial charge in [-0.2, -0.15) is 0 Å². The SMILES string of the molecule is CC(C)(C)OC(=O)N[C@@H](CCCN)C(=O)[O-].[Na+]. The zero-order valence-electron chi connectivity index (χ0n) is 10.9. The first-order chi connectivity index (χ1) is 7.26. The molecule has 0 heterocycles. The normalized spacial score (nSPS) is 12.2. The van der Waals surface area contributed by atoms with Gasteiger partial charge in [0.25, 0.3) is 0 Å². The van der Waals surface area contributed by atoms with Crippen LogP contribution in [0.3, 0.4) is 0 Å². The Morgan fingerprint density at radius 1 is 1.41 bits per heavy atom. The molecule has 0 fully saturated rings. The van der Waals surface area contributed by atoms with Crippen molar-refractivity contribution in [2.75, 3.05) is 6.54 Å². The van der Waals surface area contributed by atoms with E-state index >= 15 is 0 Å². The van der Waals surface area contributed by atoms with E-state index in [1.807, 2.05) is 0 Å². The number of carbonyl (C=O) groups excluding carboxylic acids is 2. The van der Waals surface area contributed by atoms with Crippen LogP contribution in [0.4, 0.5) is 4.79 Å². The van der Waals surface area contributed by atoms with E-state index in [0.29, 0.717) is 13.0 Å². The monoisotopic (exact) mass is 254 g/mol. The predicted molar refractivity (Wildman–Crippen MR) is 56.5 cm³/mol. The number of carbonyl (C=O) groups is 2. The van der Waals surface area contributed by atoms with Crippen LogP contribution < -0.4 is 45.7 Å². The van der Waals surface area contributed by atoms with Gasteiger partial charge < -0.3 is 25.7 Å². The van der Waals surface area contributed by atoms with Gasteiger partial charge in [-0.3, -0.25) is 0 Å². The van der Waals surface area contributed by atoms with Crippen molar-refractivity contribution in [3.05, 3.63) is 0 Å². The summed E-state index contributed by atoms with van der Waals surface area (Å²) in [4.78, 5) is 22.0. The zero-order chi connectivity index (χ0) is 12.8. The van der Waals surface area contributed by atoms with Crippen molar-refractivity contribution in [3.8, 4) is 0 Å².